The first-order chi connectivity index (χ1) is 16.0. The maximum atomic E-state index is 12.5. The molecule has 4 rings (SSSR count). The van der Waals surface area contributed by atoms with Crippen LogP contribution in [0.2, 0.25) is 4.34 Å². The quantitative estimate of drug-likeness (QED) is 0.381. The van der Waals surface area contributed by atoms with Crippen LogP contribution < -0.4 is 5.73 Å². The van der Waals surface area contributed by atoms with Crippen LogP contribution >= 0.6 is 22.9 Å². The summed E-state index contributed by atoms with van der Waals surface area (Å²) in [6, 6.07) is 15.9. The van der Waals surface area contributed by atoms with Crippen LogP contribution in [0.1, 0.15) is 40.1 Å². The Morgan fingerprint density at radius 3 is 2.82 bits per heavy atom. The number of thiophene rings is 1. The van der Waals surface area contributed by atoms with Gasteiger partial charge in [-0.1, -0.05) is 48.5 Å². The molecule has 1 aliphatic rings. The Labute approximate surface area is 202 Å². The highest BCUT2D eigenvalue weighted by molar-refractivity contribution is 7.16. The topological polar surface area (TPSA) is 71.6 Å². The second-order valence-electron chi connectivity index (χ2n) is 7.88. The van der Waals surface area contributed by atoms with E-state index in [1.807, 2.05) is 54.4 Å². The largest absolute Gasteiger partial charge is 0.402 e. The average molecular weight is 477 g/mol. The van der Waals surface area contributed by atoms with Crippen LogP contribution in [0.15, 0.2) is 78.1 Å². The number of allylic oxidation sites excluding steroid dienone is 2. The Hall–Kier alpha value is -3.22. The Balaban J connectivity index is 1.73. The number of halogens is 1. The lowest BCUT2D eigenvalue weighted by atomic mass is 9.83. The molecule has 3 aromatic rings. The van der Waals surface area contributed by atoms with Gasteiger partial charge in [-0.2, -0.15) is 0 Å². The van der Waals surface area contributed by atoms with Gasteiger partial charge in [0.2, 0.25) is 5.91 Å². The number of aromatic nitrogens is 1. The number of aliphatic imine (C=N–C) groups is 1. The highest BCUT2D eigenvalue weighted by Gasteiger charge is 2.31. The van der Waals surface area contributed by atoms with E-state index in [0.29, 0.717) is 25.3 Å². The summed E-state index contributed by atoms with van der Waals surface area (Å²) in [6.07, 6.45) is 4.94. The number of amides is 1. The van der Waals surface area contributed by atoms with Crippen molar-refractivity contribution in [1.82, 2.24) is 9.88 Å². The van der Waals surface area contributed by atoms with Crippen molar-refractivity contribution in [3.63, 3.8) is 0 Å². The molecule has 2 aromatic heterocycles. The van der Waals surface area contributed by atoms with Crippen LogP contribution in [0.5, 0.6) is 0 Å². The maximum Gasteiger partial charge on any atom is 0.246 e. The number of carbonyl (C=O) groups is 1. The first-order valence-electron chi connectivity index (χ1n) is 10.6. The Bertz CT molecular complexity index is 1230. The summed E-state index contributed by atoms with van der Waals surface area (Å²) in [5.74, 6) is -0.119. The first-order valence-corrected chi connectivity index (χ1v) is 11.8. The third kappa shape index (κ3) is 5.07. The molecular formula is C26H25ClN4OS. The lowest BCUT2D eigenvalue weighted by Gasteiger charge is -2.33. The molecule has 0 spiro atoms. The summed E-state index contributed by atoms with van der Waals surface area (Å²) in [6.45, 7) is 7.09. The zero-order chi connectivity index (χ0) is 23.4. The number of nitrogens with two attached hydrogens (primary N) is 1. The summed E-state index contributed by atoms with van der Waals surface area (Å²) < 4.78 is 0.720. The van der Waals surface area contributed by atoms with Crippen molar-refractivity contribution < 1.29 is 4.79 Å². The first kappa shape index (κ1) is 23.0. The van der Waals surface area contributed by atoms with E-state index in [0.717, 1.165) is 37.2 Å². The van der Waals surface area contributed by atoms with Crippen molar-refractivity contribution in [3.8, 4) is 0 Å². The van der Waals surface area contributed by atoms with Gasteiger partial charge in [-0.15, -0.1) is 11.3 Å². The van der Waals surface area contributed by atoms with Gasteiger partial charge in [0.05, 0.1) is 23.1 Å². The molecule has 0 saturated heterocycles. The third-order valence-corrected chi connectivity index (χ3v) is 6.93. The predicted molar refractivity (Wildman–Crippen MR) is 136 cm³/mol. The van der Waals surface area contributed by atoms with E-state index in [1.54, 1.807) is 6.20 Å². The van der Waals surface area contributed by atoms with E-state index < -0.39 is 0 Å². The van der Waals surface area contributed by atoms with Crippen molar-refractivity contribution in [2.45, 2.75) is 25.9 Å². The van der Waals surface area contributed by atoms with Crippen molar-refractivity contribution in [2.75, 3.05) is 6.54 Å². The van der Waals surface area contributed by atoms with Gasteiger partial charge < -0.3 is 10.6 Å². The zero-order valence-corrected chi connectivity index (χ0v) is 19.9. The molecule has 2 N–H and O–H groups in total. The molecule has 3 heterocycles. The molecule has 0 aliphatic carbocycles. The van der Waals surface area contributed by atoms with Gasteiger partial charge in [0.25, 0.3) is 0 Å². The van der Waals surface area contributed by atoms with Crippen molar-refractivity contribution in [3.05, 3.63) is 105 Å². The average Bonchev–Trinajstić information content (AvgIpc) is 3.21. The maximum absolute atomic E-state index is 12.5. The SMILES string of the molecule is C=CC(=O)N1Cc2sc(Cl)cc2[C@H](c2ccccc2C(C=NCc2ccccn2)=C(C)N)C1. The van der Waals surface area contributed by atoms with Crippen LogP contribution in [-0.2, 0) is 17.9 Å². The fourth-order valence-corrected chi connectivity index (χ4v) is 5.46. The van der Waals surface area contributed by atoms with Crippen LogP contribution in [0.25, 0.3) is 5.57 Å². The third-order valence-electron chi connectivity index (χ3n) is 5.66. The van der Waals surface area contributed by atoms with E-state index in [4.69, 9.17) is 17.3 Å². The summed E-state index contributed by atoms with van der Waals surface area (Å²) in [7, 11) is 0. The molecule has 0 unspecified atom stereocenters. The molecule has 1 aliphatic heterocycles. The van der Waals surface area contributed by atoms with Crippen LogP contribution in [0, 0.1) is 0 Å². The number of fused-ring (bicyclic) bond motifs is 1. The molecule has 0 radical (unpaired) electrons. The number of pyridine rings is 1. The van der Waals surface area contributed by atoms with E-state index in [9.17, 15) is 4.79 Å². The van der Waals surface area contributed by atoms with Gasteiger partial charge in [0.1, 0.15) is 0 Å². The zero-order valence-electron chi connectivity index (χ0n) is 18.4. The van der Waals surface area contributed by atoms with Gasteiger partial charge in [-0.3, -0.25) is 14.8 Å². The number of nitrogens with zero attached hydrogens (tertiary/aromatic N) is 3. The predicted octanol–water partition coefficient (Wildman–Crippen LogP) is 5.42. The van der Waals surface area contributed by atoms with E-state index in [2.05, 4.69) is 28.7 Å². The van der Waals surface area contributed by atoms with E-state index >= 15 is 0 Å². The summed E-state index contributed by atoms with van der Waals surface area (Å²) >= 11 is 7.90. The van der Waals surface area contributed by atoms with Crippen LogP contribution in [-0.4, -0.2) is 28.6 Å². The molecule has 1 amide bonds. The fourth-order valence-electron chi connectivity index (χ4n) is 4.10. The number of rotatable bonds is 6. The smallest absolute Gasteiger partial charge is 0.246 e. The number of hydrogen-bond donors (Lipinski definition) is 1. The Morgan fingerprint density at radius 2 is 2.09 bits per heavy atom. The van der Waals surface area contributed by atoms with Crippen molar-refractivity contribution >= 4 is 40.6 Å². The molecule has 33 heavy (non-hydrogen) atoms. The number of hydrogen-bond acceptors (Lipinski definition) is 5. The highest BCUT2D eigenvalue weighted by Crippen LogP contribution is 2.42. The van der Waals surface area contributed by atoms with Gasteiger partial charge in [-0.05, 0) is 47.9 Å². The van der Waals surface area contributed by atoms with Crippen LogP contribution in [0.3, 0.4) is 0 Å². The molecule has 0 fully saturated rings. The van der Waals surface area contributed by atoms with E-state index in [1.165, 1.54) is 17.4 Å². The minimum absolute atomic E-state index is 0.0314. The summed E-state index contributed by atoms with van der Waals surface area (Å²) in [4.78, 5) is 24.3. The lowest BCUT2D eigenvalue weighted by Crippen LogP contribution is -2.37. The van der Waals surface area contributed by atoms with Crippen LogP contribution in [0.4, 0.5) is 0 Å². The molecule has 1 aromatic carbocycles. The van der Waals surface area contributed by atoms with E-state index in [-0.39, 0.29) is 11.8 Å². The standard InChI is InChI=1S/C26H25ClN4OS/c1-3-26(32)31-15-23(21-12-25(27)33-24(21)16-31)20-10-5-4-9-19(20)22(17(2)28)14-29-13-18-8-6-7-11-30-18/h3-12,14,23H,1,13,15-16,28H2,2H3/t23-/m0/s1. The van der Waals surface area contributed by atoms with Crippen molar-refractivity contribution in [2.24, 2.45) is 10.7 Å². The minimum atomic E-state index is -0.0876. The summed E-state index contributed by atoms with van der Waals surface area (Å²) in [5, 5.41) is 0. The van der Waals surface area contributed by atoms with Gasteiger partial charge in [0, 0.05) is 41.0 Å². The number of benzene rings is 1. The lowest BCUT2D eigenvalue weighted by molar-refractivity contribution is -0.127. The van der Waals surface area contributed by atoms with Crippen molar-refractivity contribution in [1.29, 1.82) is 0 Å². The molecule has 5 nitrogen and oxygen atoms in total. The monoisotopic (exact) mass is 476 g/mol. The normalized spacial score (nSPS) is 16.4. The minimum Gasteiger partial charge on any atom is -0.402 e. The van der Waals surface area contributed by atoms with Gasteiger partial charge in [0.15, 0.2) is 0 Å². The summed E-state index contributed by atoms with van der Waals surface area (Å²) in [5.41, 5.74) is 12.0. The Kier molecular flexibility index (Phi) is 7.06. The molecule has 0 bridgehead atoms. The molecule has 1 atom stereocenters. The Morgan fingerprint density at radius 1 is 1.30 bits per heavy atom. The number of carbonyl (C=O) groups excluding carboxylic acids is 1. The van der Waals surface area contributed by atoms with Gasteiger partial charge >= 0.3 is 0 Å². The molecule has 168 valence electrons. The molecular weight excluding hydrogens is 452 g/mol. The molecule has 0 saturated carbocycles. The second-order valence-corrected chi connectivity index (χ2v) is 9.65. The fraction of sp³-hybridized carbons (Fsp3) is 0.192. The second kappa shape index (κ2) is 10.1. The highest BCUT2D eigenvalue weighted by atomic mass is 35.5. The molecule has 7 heteroatoms. The van der Waals surface area contributed by atoms with Gasteiger partial charge in [-0.25, -0.2) is 0 Å².